The highest BCUT2D eigenvalue weighted by Gasteiger charge is 2.34. The van der Waals surface area contributed by atoms with E-state index in [-0.39, 0.29) is 53.3 Å². The number of hydrogen-bond donors (Lipinski definition) is 2. The molecule has 0 radical (unpaired) electrons. The molecule has 37 heavy (non-hydrogen) atoms. The van der Waals surface area contributed by atoms with Crippen molar-refractivity contribution in [2.75, 3.05) is 26.8 Å². The molecule has 12 heteroatoms. The first kappa shape index (κ1) is 26.6. The smallest absolute Gasteiger partial charge is 0.407 e. The molecule has 202 valence electrons. The summed E-state index contributed by atoms with van der Waals surface area (Å²) in [7, 11) is 1.28. The van der Waals surface area contributed by atoms with Crippen LogP contribution in [0.5, 0.6) is 11.5 Å². The van der Waals surface area contributed by atoms with Crippen molar-refractivity contribution in [3.8, 4) is 23.0 Å². The third kappa shape index (κ3) is 6.48. The Balaban J connectivity index is 1.62. The Morgan fingerprint density at radius 2 is 2.00 bits per heavy atom. The summed E-state index contributed by atoms with van der Waals surface area (Å²) < 4.78 is 46.8. The third-order valence-corrected chi connectivity index (χ3v) is 6.44. The SMILES string of the molecule is COC(=O)N[C@@H]1CCN(C(=O)c2nc(-c3ccc(OC(F)F)c(OCC4CC4)c3)oc2[C@@H](N)C(C)C)C1. The molecule has 2 atom stereocenters. The van der Waals surface area contributed by atoms with E-state index in [1.54, 1.807) is 4.90 Å². The zero-order valence-electron chi connectivity index (χ0n) is 21.0. The van der Waals surface area contributed by atoms with Gasteiger partial charge in [-0.15, -0.1) is 0 Å². The number of aromatic nitrogens is 1. The molecule has 2 fully saturated rings. The van der Waals surface area contributed by atoms with Gasteiger partial charge in [0.1, 0.15) is 0 Å². The molecule has 1 aliphatic carbocycles. The summed E-state index contributed by atoms with van der Waals surface area (Å²) in [6.07, 6.45) is 2.05. The molecule has 2 aromatic rings. The number of carbonyl (C=O) groups is 2. The fourth-order valence-corrected chi connectivity index (χ4v) is 4.01. The van der Waals surface area contributed by atoms with Gasteiger partial charge in [0.25, 0.3) is 5.91 Å². The van der Waals surface area contributed by atoms with Crippen molar-refractivity contribution >= 4 is 12.0 Å². The average molecular weight is 523 g/mol. The molecule has 0 spiro atoms. The molecule has 1 aromatic heterocycles. The lowest BCUT2D eigenvalue weighted by atomic mass is 10.0. The van der Waals surface area contributed by atoms with Crippen molar-refractivity contribution in [1.29, 1.82) is 0 Å². The molecule has 1 saturated carbocycles. The minimum atomic E-state index is -3.01. The van der Waals surface area contributed by atoms with Gasteiger partial charge in [-0.25, -0.2) is 9.78 Å². The molecule has 1 aromatic carbocycles. The summed E-state index contributed by atoms with van der Waals surface area (Å²) >= 11 is 0. The number of ether oxygens (including phenoxy) is 3. The number of carbonyl (C=O) groups excluding carboxylic acids is 2. The number of methoxy groups -OCH3 is 1. The molecule has 2 amide bonds. The van der Waals surface area contributed by atoms with E-state index in [1.165, 1.54) is 25.3 Å². The molecule has 1 saturated heterocycles. The number of nitrogens with zero attached hydrogens (tertiary/aromatic N) is 2. The number of alkyl halides is 2. The normalized spacial score (nSPS) is 18.3. The highest BCUT2D eigenvalue weighted by Crippen LogP contribution is 2.37. The van der Waals surface area contributed by atoms with Crippen LogP contribution in [-0.4, -0.2) is 61.3 Å². The van der Waals surface area contributed by atoms with Crippen LogP contribution in [0.3, 0.4) is 0 Å². The maximum atomic E-state index is 13.4. The lowest BCUT2D eigenvalue weighted by Crippen LogP contribution is -2.38. The lowest BCUT2D eigenvalue weighted by Gasteiger charge is -2.18. The van der Waals surface area contributed by atoms with Gasteiger partial charge in [-0.1, -0.05) is 13.8 Å². The van der Waals surface area contributed by atoms with Gasteiger partial charge >= 0.3 is 12.7 Å². The standard InChI is InChI=1S/C25H32F2N4O6/c1-13(2)19(28)21-20(23(32)31-9-8-16(11-31)29-25(33)34-3)30-22(37-21)15-6-7-17(36-24(26)27)18(10-15)35-12-14-4-5-14/h6-7,10,13-14,16,19,24H,4-5,8-9,11-12,28H2,1-3H3,(H,29,33)/t16-,19+/m1/s1. The van der Waals surface area contributed by atoms with Gasteiger partial charge in [-0.3, -0.25) is 4.79 Å². The van der Waals surface area contributed by atoms with Crippen molar-refractivity contribution in [3.05, 3.63) is 29.7 Å². The van der Waals surface area contributed by atoms with E-state index in [2.05, 4.69) is 19.8 Å². The molecule has 2 heterocycles. The van der Waals surface area contributed by atoms with Gasteiger partial charge in [0.15, 0.2) is 23.0 Å². The minimum absolute atomic E-state index is 0.0566. The molecule has 10 nitrogen and oxygen atoms in total. The zero-order valence-corrected chi connectivity index (χ0v) is 21.0. The highest BCUT2D eigenvalue weighted by molar-refractivity contribution is 5.94. The summed E-state index contributed by atoms with van der Waals surface area (Å²) in [6.45, 7) is 1.86. The topological polar surface area (TPSA) is 129 Å². The highest BCUT2D eigenvalue weighted by atomic mass is 19.3. The maximum absolute atomic E-state index is 13.4. The van der Waals surface area contributed by atoms with E-state index in [9.17, 15) is 18.4 Å². The number of likely N-dealkylation sites (tertiary alicyclic amines) is 1. The zero-order chi connectivity index (χ0) is 26.7. The van der Waals surface area contributed by atoms with E-state index in [0.717, 1.165) is 12.8 Å². The van der Waals surface area contributed by atoms with Crippen LogP contribution in [-0.2, 0) is 4.74 Å². The van der Waals surface area contributed by atoms with Crippen LogP contribution in [0.25, 0.3) is 11.5 Å². The average Bonchev–Trinajstić information content (AvgIpc) is 3.40. The van der Waals surface area contributed by atoms with Crippen LogP contribution in [0.15, 0.2) is 22.6 Å². The van der Waals surface area contributed by atoms with Crippen molar-refractivity contribution in [1.82, 2.24) is 15.2 Å². The number of alkyl carbamates (subject to hydrolysis) is 1. The molecule has 4 rings (SSSR count). The molecule has 1 aliphatic heterocycles. The monoisotopic (exact) mass is 522 g/mol. The fourth-order valence-electron chi connectivity index (χ4n) is 4.01. The number of nitrogens with two attached hydrogens (primary N) is 1. The number of amides is 2. The third-order valence-electron chi connectivity index (χ3n) is 6.44. The molecular formula is C25H32F2N4O6. The minimum Gasteiger partial charge on any atom is -0.489 e. The predicted octanol–water partition coefficient (Wildman–Crippen LogP) is 3.96. The number of benzene rings is 1. The van der Waals surface area contributed by atoms with Crippen molar-refractivity contribution in [2.24, 2.45) is 17.6 Å². The van der Waals surface area contributed by atoms with Gasteiger partial charge in [0, 0.05) is 18.7 Å². The molecule has 3 N–H and O–H groups in total. The molecular weight excluding hydrogens is 490 g/mol. The Bertz CT molecular complexity index is 1120. The second kappa shape index (κ2) is 11.3. The van der Waals surface area contributed by atoms with Crippen LogP contribution in [0.4, 0.5) is 13.6 Å². The van der Waals surface area contributed by atoms with Gasteiger partial charge < -0.3 is 34.6 Å². The number of halogens is 2. The summed E-state index contributed by atoms with van der Waals surface area (Å²) in [4.78, 5) is 31.0. The number of oxazole rings is 1. The van der Waals surface area contributed by atoms with E-state index < -0.39 is 18.7 Å². The van der Waals surface area contributed by atoms with E-state index in [0.29, 0.717) is 31.1 Å². The van der Waals surface area contributed by atoms with Crippen molar-refractivity contribution in [2.45, 2.75) is 51.8 Å². The Hall–Kier alpha value is -3.41. The van der Waals surface area contributed by atoms with Gasteiger partial charge in [-0.05, 0) is 49.3 Å². The quantitative estimate of drug-likeness (QED) is 0.480. The van der Waals surface area contributed by atoms with E-state index in [1.807, 2.05) is 13.8 Å². The number of hydrogen-bond acceptors (Lipinski definition) is 8. The van der Waals surface area contributed by atoms with E-state index in [4.69, 9.17) is 14.9 Å². The molecule has 0 bridgehead atoms. The van der Waals surface area contributed by atoms with Gasteiger partial charge in [0.2, 0.25) is 5.89 Å². The first-order valence-electron chi connectivity index (χ1n) is 12.3. The van der Waals surface area contributed by atoms with Crippen LogP contribution in [0.2, 0.25) is 0 Å². The molecule has 2 aliphatic rings. The van der Waals surface area contributed by atoms with Crippen LogP contribution in [0, 0.1) is 11.8 Å². The second-order valence-corrected chi connectivity index (χ2v) is 9.67. The van der Waals surface area contributed by atoms with Gasteiger partial charge in [0.05, 0.1) is 25.8 Å². The Kier molecular flexibility index (Phi) is 8.16. The fraction of sp³-hybridized carbons (Fsp3) is 0.560. The van der Waals surface area contributed by atoms with Gasteiger partial charge in [-0.2, -0.15) is 8.78 Å². The summed E-state index contributed by atoms with van der Waals surface area (Å²) in [6, 6.07) is 3.52. The largest absolute Gasteiger partial charge is 0.489 e. The Labute approximate surface area is 213 Å². The lowest BCUT2D eigenvalue weighted by molar-refractivity contribution is -0.0515. The Morgan fingerprint density at radius 3 is 2.65 bits per heavy atom. The molecule has 0 unspecified atom stereocenters. The summed E-state index contributed by atoms with van der Waals surface area (Å²) in [5.74, 6) is 0.342. The van der Waals surface area contributed by atoms with Crippen LogP contribution < -0.4 is 20.5 Å². The Morgan fingerprint density at radius 1 is 1.24 bits per heavy atom. The second-order valence-electron chi connectivity index (χ2n) is 9.67. The van der Waals surface area contributed by atoms with Crippen LogP contribution in [0.1, 0.15) is 55.4 Å². The van der Waals surface area contributed by atoms with Crippen LogP contribution >= 0.6 is 0 Å². The number of rotatable bonds is 10. The summed E-state index contributed by atoms with van der Waals surface area (Å²) in [5.41, 5.74) is 6.87. The van der Waals surface area contributed by atoms with Crippen molar-refractivity contribution in [3.63, 3.8) is 0 Å². The first-order valence-corrected chi connectivity index (χ1v) is 12.3. The maximum Gasteiger partial charge on any atom is 0.407 e. The number of nitrogens with one attached hydrogen (secondary N) is 1. The predicted molar refractivity (Wildman–Crippen MR) is 128 cm³/mol. The van der Waals surface area contributed by atoms with E-state index >= 15 is 0 Å². The summed E-state index contributed by atoms with van der Waals surface area (Å²) in [5, 5.41) is 2.70. The first-order chi connectivity index (χ1) is 17.7. The van der Waals surface area contributed by atoms with Crippen molar-refractivity contribution < 1.29 is 37.0 Å².